The number of hydrogen-bond acceptors (Lipinski definition) is 2. The number of benzene rings is 2. The normalized spacial score (nSPS) is 8.94. The van der Waals surface area contributed by atoms with E-state index >= 15 is 0 Å². The van der Waals surface area contributed by atoms with E-state index in [-0.39, 0.29) is 5.91 Å². The number of aromatic hydroxyl groups is 1. The van der Waals surface area contributed by atoms with E-state index in [0.717, 1.165) is 5.69 Å². The van der Waals surface area contributed by atoms with Gasteiger partial charge >= 0.3 is 0 Å². The van der Waals surface area contributed by atoms with Gasteiger partial charge in [-0.25, -0.2) is 0 Å². The molecule has 0 saturated heterocycles. The average Bonchev–Trinajstić information content (AvgIpc) is 2.41. The van der Waals surface area contributed by atoms with Gasteiger partial charge in [-0.3, -0.25) is 4.79 Å². The first-order valence-electron chi connectivity index (χ1n) is 5.81. The van der Waals surface area contributed by atoms with Crippen LogP contribution in [0.25, 0.3) is 0 Å². The molecule has 18 heavy (non-hydrogen) atoms. The lowest BCUT2D eigenvalue weighted by atomic mass is 10.3. The van der Waals surface area contributed by atoms with Crippen molar-refractivity contribution >= 4 is 11.6 Å². The smallest absolute Gasteiger partial charge is 0.224 e. The third-order valence-electron chi connectivity index (χ3n) is 2.13. The van der Waals surface area contributed by atoms with Crippen LogP contribution in [0.3, 0.4) is 0 Å². The van der Waals surface area contributed by atoms with Crippen LogP contribution in [0.4, 0.5) is 5.69 Å². The zero-order valence-electron chi connectivity index (χ0n) is 10.3. The average molecular weight is 243 g/mol. The Labute approximate surface area is 107 Å². The molecule has 0 spiro atoms. The third-order valence-corrected chi connectivity index (χ3v) is 2.13. The zero-order valence-corrected chi connectivity index (χ0v) is 10.3. The lowest BCUT2D eigenvalue weighted by Gasteiger charge is -2.00. The molecule has 2 aromatic carbocycles. The molecule has 94 valence electrons. The lowest BCUT2D eigenvalue weighted by Crippen LogP contribution is -2.08. The molecule has 2 aromatic rings. The fourth-order valence-corrected chi connectivity index (χ4v) is 1.20. The van der Waals surface area contributed by atoms with Crippen LogP contribution >= 0.6 is 0 Å². The molecule has 0 radical (unpaired) electrons. The molecular weight excluding hydrogens is 226 g/mol. The first kappa shape index (κ1) is 13.8. The largest absolute Gasteiger partial charge is 0.508 e. The Morgan fingerprint density at radius 2 is 1.50 bits per heavy atom. The highest BCUT2D eigenvalue weighted by molar-refractivity contribution is 5.90. The van der Waals surface area contributed by atoms with Gasteiger partial charge in [-0.2, -0.15) is 0 Å². The van der Waals surface area contributed by atoms with Crippen molar-refractivity contribution in [1.82, 2.24) is 0 Å². The highest BCUT2D eigenvalue weighted by Crippen LogP contribution is 2.04. The molecule has 0 atom stereocenters. The van der Waals surface area contributed by atoms with Crippen molar-refractivity contribution in [3.05, 3.63) is 60.7 Å². The molecular formula is C15H17NO2. The van der Waals surface area contributed by atoms with Crippen molar-refractivity contribution in [2.45, 2.75) is 13.3 Å². The Balaban J connectivity index is 0.000000199. The van der Waals surface area contributed by atoms with Gasteiger partial charge < -0.3 is 10.4 Å². The van der Waals surface area contributed by atoms with Crippen molar-refractivity contribution in [2.75, 3.05) is 5.32 Å². The molecule has 0 bridgehead atoms. The van der Waals surface area contributed by atoms with Crippen LogP contribution in [0.15, 0.2) is 60.7 Å². The van der Waals surface area contributed by atoms with Crippen LogP contribution in [0, 0.1) is 0 Å². The van der Waals surface area contributed by atoms with Gasteiger partial charge in [0.1, 0.15) is 5.75 Å². The van der Waals surface area contributed by atoms with Gasteiger partial charge in [-0.05, 0) is 24.3 Å². The minimum atomic E-state index is 0.0520. The van der Waals surface area contributed by atoms with Crippen LogP contribution in [0.5, 0.6) is 5.75 Å². The predicted molar refractivity (Wildman–Crippen MR) is 73.5 cm³/mol. The quantitative estimate of drug-likeness (QED) is 0.849. The molecule has 1 amide bonds. The molecule has 0 aliphatic carbocycles. The zero-order chi connectivity index (χ0) is 13.2. The number of carbonyl (C=O) groups is 1. The number of carbonyl (C=O) groups excluding carboxylic acids is 1. The minimum Gasteiger partial charge on any atom is -0.508 e. The van der Waals surface area contributed by atoms with E-state index in [0.29, 0.717) is 12.2 Å². The van der Waals surface area contributed by atoms with E-state index in [1.807, 2.05) is 43.3 Å². The van der Waals surface area contributed by atoms with E-state index in [9.17, 15) is 4.79 Å². The summed E-state index contributed by atoms with van der Waals surface area (Å²) in [5, 5.41) is 11.4. The number of phenols is 1. The molecule has 3 nitrogen and oxygen atoms in total. The highest BCUT2D eigenvalue weighted by Gasteiger charge is 1.95. The molecule has 0 saturated carbocycles. The molecule has 0 heterocycles. The fraction of sp³-hybridized carbons (Fsp3) is 0.133. The van der Waals surface area contributed by atoms with Gasteiger partial charge in [0, 0.05) is 12.1 Å². The van der Waals surface area contributed by atoms with Crippen LogP contribution < -0.4 is 5.32 Å². The molecule has 2 rings (SSSR count). The number of amides is 1. The summed E-state index contributed by atoms with van der Waals surface area (Å²) < 4.78 is 0. The van der Waals surface area contributed by atoms with Crippen LogP contribution in [0.2, 0.25) is 0 Å². The van der Waals surface area contributed by atoms with E-state index in [1.54, 1.807) is 24.3 Å². The first-order valence-corrected chi connectivity index (χ1v) is 5.81. The van der Waals surface area contributed by atoms with Gasteiger partial charge in [0.25, 0.3) is 0 Å². The Morgan fingerprint density at radius 3 is 1.89 bits per heavy atom. The Kier molecular flexibility index (Phi) is 6.04. The van der Waals surface area contributed by atoms with E-state index in [4.69, 9.17) is 5.11 Å². The molecule has 2 N–H and O–H groups in total. The highest BCUT2D eigenvalue weighted by atomic mass is 16.3. The third kappa shape index (κ3) is 5.70. The number of phenolic OH excluding ortho intramolecular Hbond substituents is 1. The molecule has 0 aromatic heterocycles. The predicted octanol–water partition coefficient (Wildman–Crippen LogP) is 3.43. The van der Waals surface area contributed by atoms with E-state index < -0.39 is 0 Å². The summed E-state index contributed by atoms with van der Waals surface area (Å²) in [6.45, 7) is 1.83. The minimum absolute atomic E-state index is 0.0520. The van der Waals surface area contributed by atoms with Crippen molar-refractivity contribution < 1.29 is 9.90 Å². The molecule has 0 fully saturated rings. The number of hydrogen-bond donors (Lipinski definition) is 2. The Hall–Kier alpha value is -2.29. The Bertz CT molecular complexity index is 454. The fourth-order valence-electron chi connectivity index (χ4n) is 1.20. The standard InChI is InChI=1S/C9H11NO.C6H6O/c1-2-9(11)10-8-6-4-3-5-7-8;7-6-4-2-1-3-5-6/h3-7H,2H2,1H3,(H,10,11);1-5,7H. The van der Waals surface area contributed by atoms with E-state index in [2.05, 4.69) is 5.32 Å². The number of nitrogens with one attached hydrogen (secondary N) is 1. The van der Waals surface area contributed by atoms with Crippen molar-refractivity contribution in [3.63, 3.8) is 0 Å². The Morgan fingerprint density at radius 1 is 1.00 bits per heavy atom. The number of rotatable bonds is 2. The summed E-state index contributed by atoms with van der Waals surface area (Å²) in [6, 6.07) is 18.2. The molecule has 0 aliphatic heterocycles. The summed E-state index contributed by atoms with van der Waals surface area (Å²) in [5.74, 6) is 0.374. The molecule has 3 heteroatoms. The summed E-state index contributed by atoms with van der Waals surface area (Å²) in [7, 11) is 0. The van der Waals surface area contributed by atoms with Crippen LogP contribution in [-0.2, 0) is 4.79 Å². The van der Waals surface area contributed by atoms with Crippen LogP contribution in [-0.4, -0.2) is 11.0 Å². The van der Waals surface area contributed by atoms with Crippen molar-refractivity contribution in [3.8, 4) is 5.75 Å². The summed E-state index contributed by atoms with van der Waals surface area (Å²) >= 11 is 0. The maximum atomic E-state index is 10.9. The van der Waals surface area contributed by atoms with Gasteiger partial charge in [0.15, 0.2) is 0 Å². The first-order chi connectivity index (χ1) is 8.72. The van der Waals surface area contributed by atoms with E-state index in [1.165, 1.54) is 0 Å². The summed E-state index contributed by atoms with van der Waals surface area (Å²) in [6.07, 6.45) is 0.523. The maximum Gasteiger partial charge on any atom is 0.224 e. The monoisotopic (exact) mass is 243 g/mol. The second-order valence-corrected chi connectivity index (χ2v) is 3.60. The number of para-hydroxylation sites is 2. The maximum absolute atomic E-state index is 10.9. The van der Waals surface area contributed by atoms with Crippen molar-refractivity contribution in [1.29, 1.82) is 0 Å². The second-order valence-electron chi connectivity index (χ2n) is 3.60. The molecule has 0 aliphatic rings. The number of anilines is 1. The van der Waals surface area contributed by atoms with Gasteiger partial charge in [0.05, 0.1) is 0 Å². The van der Waals surface area contributed by atoms with Gasteiger partial charge in [-0.15, -0.1) is 0 Å². The van der Waals surface area contributed by atoms with Gasteiger partial charge in [0.2, 0.25) is 5.91 Å². The SMILES string of the molecule is CCC(=O)Nc1ccccc1.Oc1ccccc1. The van der Waals surface area contributed by atoms with Gasteiger partial charge in [-0.1, -0.05) is 43.3 Å². The topological polar surface area (TPSA) is 49.3 Å². The second kappa shape index (κ2) is 7.90. The van der Waals surface area contributed by atoms with Crippen molar-refractivity contribution in [2.24, 2.45) is 0 Å². The lowest BCUT2D eigenvalue weighted by molar-refractivity contribution is -0.115. The summed E-state index contributed by atoms with van der Waals surface area (Å²) in [5.41, 5.74) is 0.861. The molecule has 0 unspecified atom stereocenters. The summed E-state index contributed by atoms with van der Waals surface area (Å²) in [4.78, 5) is 10.9. The van der Waals surface area contributed by atoms with Crippen LogP contribution in [0.1, 0.15) is 13.3 Å².